The molecule has 286 valence electrons. The summed E-state index contributed by atoms with van der Waals surface area (Å²) in [5, 5.41) is 15.4. The zero-order chi connectivity index (χ0) is 38.7. The smallest absolute Gasteiger partial charge is 0.408 e. The lowest BCUT2D eigenvalue weighted by atomic mass is 9.84. The number of carbonyl (C=O) groups excluding carboxylic acids is 3. The second-order valence-corrected chi connectivity index (χ2v) is 15.8. The fourth-order valence-electron chi connectivity index (χ4n) is 6.81. The van der Waals surface area contributed by atoms with Crippen LogP contribution in [0.3, 0.4) is 0 Å². The van der Waals surface area contributed by atoms with Gasteiger partial charge in [0.15, 0.2) is 11.7 Å². The number of aliphatic hydroxyl groups is 1. The lowest BCUT2D eigenvalue weighted by molar-refractivity contribution is -0.150. The van der Waals surface area contributed by atoms with Crippen LogP contribution >= 0.6 is 0 Å². The topological polar surface area (TPSA) is 161 Å². The van der Waals surface area contributed by atoms with Crippen molar-refractivity contribution < 1.29 is 33.4 Å². The van der Waals surface area contributed by atoms with Gasteiger partial charge in [0.05, 0.1) is 31.1 Å². The van der Waals surface area contributed by atoms with Gasteiger partial charge >= 0.3 is 12.1 Å². The van der Waals surface area contributed by atoms with Crippen LogP contribution < -0.4 is 10.7 Å². The van der Waals surface area contributed by atoms with Crippen LogP contribution in [0.1, 0.15) is 91.3 Å². The van der Waals surface area contributed by atoms with E-state index in [-0.39, 0.29) is 30.3 Å². The van der Waals surface area contributed by atoms with Gasteiger partial charge < -0.3 is 28.9 Å². The van der Waals surface area contributed by atoms with Crippen molar-refractivity contribution >= 4 is 28.9 Å². The molecule has 0 saturated carbocycles. The number of amides is 2. The Balaban J connectivity index is 1.52. The van der Waals surface area contributed by atoms with Crippen molar-refractivity contribution in [3.8, 4) is 22.6 Å². The molecule has 13 heteroatoms. The molecule has 1 aliphatic rings. The number of aryl methyl sites for hydroxylation is 1. The Kier molecular flexibility index (Phi) is 12.0. The number of nitrogens with one attached hydrogen (secondary N) is 2. The van der Waals surface area contributed by atoms with Crippen LogP contribution in [0, 0.1) is 5.41 Å². The maximum absolute atomic E-state index is 13.9. The number of hydrogen-bond acceptors (Lipinski definition) is 10. The number of methoxy groups -OCH3 is 1. The maximum atomic E-state index is 13.9. The minimum absolute atomic E-state index is 0.0218. The van der Waals surface area contributed by atoms with E-state index in [1.807, 2.05) is 18.3 Å². The molecule has 1 aliphatic heterocycles. The number of benzene rings is 1. The number of aliphatic hydroxyl groups excluding tert-OH is 1. The summed E-state index contributed by atoms with van der Waals surface area (Å²) in [6, 6.07) is 8.46. The summed E-state index contributed by atoms with van der Waals surface area (Å²) in [6.07, 6.45) is 4.33. The summed E-state index contributed by atoms with van der Waals surface area (Å²) in [7, 11) is 1.30. The molecule has 0 spiro atoms. The number of nitrogens with zero attached hydrogens (tertiary/aromatic N) is 4. The summed E-state index contributed by atoms with van der Waals surface area (Å²) in [4.78, 5) is 48.3. The second-order valence-electron chi connectivity index (χ2n) is 15.8. The summed E-state index contributed by atoms with van der Waals surface area (Å²) < 4.78 is 19.0. The van der Waals surface area contributed by atoms with Crippen molar-refractivity contribution in [1.82, 2.24) is 30.3 Å². The molecule has 2 atom stereocenters. The Morgan fingerprint density at radius 3 is 2.55 bits per heavy atom. The Morgan fingerprint density at radius 1 is 1.13 bits per heavy atom. The van der Waals surface area contributed by atoms with Crippen molar-refractivity contribution in [2.75, 3.05) is 20.3 Å². The van der Waals surface area contributed by atoms with Crippen LogP contribution in [0.2, 0.25) is 0 Å². The minimum atomic E-state index is -1.11. The minimum Gasteiger partial charge on any atom is -0.468 e. The standard InChI is InChI=1S/C40H54N6O7/c1-10-45-31-16-15-25(19-27(31)28(21-40(7,8)23-47)35(45)26-13-11-17-41-34(26)24(2)3)32-22-42-33(52-32)20-30(43-38(50)53-39(4,5)6)36(48)46-18-12-14-29(44-46)37(49)51-9/h11,13,15-17,19,22,24,29-30,44,47H,10,12,14,18,20-21,23H2,1-9H3,(H,43,50)/t29-,30-/m0/s1. The van der Waals surface area contributed by atoms with Crippen molar-refractivity contribution in [2.24, 2.45) is 5.41 Å². The first-order chi connectivity index (χ1) is 25.1. The third-order valence-electron chi connectivity index (χ3n) is 9.35. The molecule has 3 aromatic heterocycles. The SMILES string of the molecule is CCn1c(-c2cccnc2C(C)C)c(CC(C)(C)CO)c2cc(-c3cnc(C[C@H](NC(=O)OC(C)(C)C)C(=O)N4CCC[C@@H](C(=O)OC)N4)o3)ccc21. The van der Waals surface area contributed by atoms with Gasteiger partial charge in [-0.25, -0.2) is 15.2 Å². The zero-order valence-corrected chi connectivity index (χ0v) is 32.4. The van der Waals surface area contributed by atoms with Crippen molar-refractivity contribution in [1.29, 1.82) is 0 Å². The van der Waals surface area contributed by atoms with Gasteiger partial charge in [0, 0.05) is 47.9 Å². The van der Waals surface area contributed by atoms with Gasteiger partial charge in [-0.1, -0.05) is 27.7 Å². The first-order valence-corrected chi connectivity index (χ1v) is 18.4. The van der Waals surface area contributed by atoms with E-state index in [2.05, 4.69) is 73.1 Å². The highest BCUT2D eigenvalue weighted by molar-refractivity contribution is 5.95. The Labute approximate surface area is 311 Å². The van der Waals surface area contributed by atoms with E-state index in [0.717, 1.165) is 45.5 Å². The van der Waals surface area contributed by atoms with Crippen LogP contribution in [0.4, 0.5) is 4.79 Å². The first-order valence-electron chi connectivity index (χ1n) is 18.4. The summed E-state index contributed by atoms with van der Waals surface area (Å²) in [6.45, 7) is 16.8. The fraction of sp³-hybridized carbons (Fsp3) is 0.525. The number of ether oxygens (including phenoxy) is 2. The van der Waals surface area contributed by atoms with E-state index in [0.29, 0.717) is 31.6 Å². The lowest BCUT2D eigenvalue weighted by Crippen LogP contribution is -2.60. The van der Waals surface area contributed by atoms with Gasteiger partial charge in [-0.15, -0.1) is 0 Å². The van der Waals surface area contributed by atoms with Crippen LogP contribution in [0.15, 0.2) is 47.1 Å². The molecule has 3 N–H and O–H groups in total. The molecule has 0 bridgehead atoms. The quantitative estimate of drug-likeness (QED) is 0.144. The average molecular weight is 731 g/mol. The van der Waals surface area contributed by atoms with Gasteiger partial charge in [-0.2, -0.15) is 0 Å². The number of alkyl carbamates (subject to hydrolysis) is 1. The molecule has 0 unspecified atom stereocenters. The Bertz CT molecular complexity index is 1940. The van der Waals surface area contributed by atoms with Gasteiger partial charge in [0.2, 0.25) is 0 Å². The number of carbonyl (C=O) groups is 3. The van der Waals surface area contributed by atoms with Crippen LogP contribution in [-0.2, 0) is 38.4 Å². The predicted molar refractivity (Wildman–Crippen MR) is 202 cm³/mol. The molecule has 0 radical (unpaired) electrons. The van der Waals surface area contributed by atoms with Gasteiger partial charge in [-0.3, -0.25) is 19.6 Å². The van der Waals surface area contributed by atoms with Gasteiger partial charge in [-0.05, 0) is 94.2 Å². The molecule has 1 aromatic carbocycles. The number of rotatable bonds is 12. The van der Waals surface area contributed by atoms with Crippen LogP contribution in [0.5, 0.6) is 0 Å². The van der Waals surface area contributed by atoms with E-state index in [4.69, 9.17) is 18.9 Å². The molecule has 13 nitrogen and oxygen atoms in total. The third-order valence-corrected chi connectivity index (χ3v) is 9.35. The molecular weight excluding hydrogens is 676 g/mol. The number of fused-ring (bicyclic) bond motifs is 1. The predicted octanol–water partition coefficient (Wildman–Crippen LogP) is 6.17. The number of aromatic nitrogens is 3. The largest absolute Gasteiger partial charge is 0.468 e. The molecule has 0 aliphatic carbocycles. The van der Waals surface area contributed by atoms with E-state index in [1.54, 1.807) is 27.0 Å². The lowest BCUT2D eigenvalue weighted by Gasteiger charge is -2.34. The number of pyridine rings is 1. The molecule has 2 amide bonds. The van der Waals surface area contributed by atoms with E-state index >= 15 is 0 Å². The number of esters is 1. The van der Waals surface area contributed by atoms with E-state index in [9.17, 15) is 19.5 Å². The average Bonchev–Trinajstić information content (AvgIpc) is 3.71. The van der Waals surface area contributed by atoms with Crippen molar-refractivity contribution in [3.05, 3.63) is 59.9 Å². The van der Waals surface area contributed by atoms with Crippen molar-refractivity contribution in [3.63, 3.8) is 0 Å². The first kappa shape index (κ1) is 39.5. The van der Waals surface area contributed by atoms with Gasteiger partial charge in [0.1, 0.15) is 17.7 Å². The highest BCUT2D eigenvalue weighted by Crippen LogP contribution is 2.41. The Hall–Kier alpha value is -4.75. The van der Waals surface area contributed by atoms with E-state index in [1.165, 1.54) is 12.1 Å². The monoisotopic (exact) mass is 730 g/mol. The normalized spacial score (nSPS) is 15.8. The van der Waals surface area contributed by atoms with Gasteiger partial charge in [0.25, 0.3) is 5.91 Å². The highest BCUT2D eigenvalue weighted by Gasteiger charge is 2.35. The molecule has 1 fully saturated rings. The third kappa shape index (κ3) is 9.08. The highest BCUT2D eigenvalue weighted by atomic mass is 16.6. The molecule has 5 rings (SSSR count). The maximum Gasteiger partial charge on any atom is 0.408 e. The second kappa shape index (κ2) is 16.1. The van der Waals surface area contributed by atoms with Crippen molar-refractivity contribution in [2.45, 2.75) is 111 Å². The number of oxazole rings is 1. The number of hydrogen-bond donors (Lipinski definition) is 3. The van der Waals surface area contributed by atoms with Crippen LogP contribution in [-0.4, -0.2) is 80.6 Å². The zero-order valence-electron chi connectivity index (χ0n) is 32.4. The van der Waals surface area contributed by atoms with Crippen LogP contribution in [0.25, 0.3) is 33.5 Å². The van der Waals surface area contributed by atoms with E-state index < -0.39 is 35.7 Å². The summed E-state index contributed by atoms with van der Waals surface area (Å²) >= 11 is 0. The fourth-order valence-corrected chi connectivity index (χ4v) is 6.81. The summed E-state index contributed by atoms with van der Waals surface area (Å²) in [5.41, 5.74) is 7.89. The molecular formula is C40H54N6O7. The molecule has 53 heavy (non-hydrogen) atoms. The molecule has 4 aromatic rings. The number of hydrazine groups is 1. The summed E-state index contributed by atoms with van der Waals surface area (Å²) in [5.74, 6) is -0.00180. The molecule has 4 heterocycles. The Morgan fingerprint density at radius 2 is 1.89 bits per heavy atom. The molecule has 1 saturated heterocycles.